The number of amides is 2. The highest BCUT2D eigenvalue weighted by molar-refractivity contribution is 8.26. The number of hydrazine groups is 1. The predicted octanol–water partition coefficient (Wildman–Crippen LogP) is 4.39. The zero-order valence-corrected chi connectivity index (χ0v) is 15.7. The number of carbonyl (C=O) groups excluding carboxylic acids is 2. The fourth-order valence-electron chi connectivity index (χ4n) is 2.77. The first-order chi connectivity index (χ1) is 13.1. The van der Waals surface area contributed by atoms with Gasteiger partial charge in [0.1, 0.15) is 0 Å². The lowest BCUT2D eigenvalue weighted by molar-refractivity contribution is -0.123. The van der Waals surface area contributed by atoms with Gasteiger partial charge in [-0.05, 0) is 52.8 Å². The zero-order chi connectivity index (χ0) is 18.8. The lowest BCUT2D eigenvalue weighted by Gasteiger charge is -2.15. The molecule has 1 saturated heterocycles. The molecule has 132 valence electrons. The largest absolute Gasteiger partial charge is 0.285 e. The van der Waals surface area contributed by atoms with Gasteiger partial charge in [-0.2, -0.15) is 5.01 Å². The van der Waals surface area contributed by atoms with Crippen molar-refractivity contribution in [3.8, 4) is 0 Å². The van der Waals surface area contributed by atoms with Gasteiger partial charge in [0.2, 0.25) is 0 Å². The number of nitrogens with one attached hydrogen (secondary N) is 1. The van der Waals surface area contributed by atoms with Gasteiger partial charge in [-0.1, -0.05) is 66.4 Å². The van der Waals surface area contributed by atoms with E-state index in [0.29, 0.717) is 14.8 Å². The molecule has 2 amide bonds. The molecule has 1 aliphatic heterocycles. The fraction of sp³-hybridized carbons (Fsp3) is 0. The van der Waals surface area contributed by atoms with Crippen LogP contribution >= 0.6 is 24.0 Å². The highest BCUT2D eigenvalue weighted by Gasteiger charge is 2.33. The molecule has 3 aromatic carbocycles. The molecule has 1 N–H and O–H groups in total. The number of thioether (sulfide) groups is 1. The van der Waals surface area contributed by atoms with Crippen molar-refractivity contribution in [1.82, 2.24) is 10.4 Å². The van der Waals surface area contributed by atoms with Crippen molar-refractivity contribution in [2.24, 2.45) is 0 Å². The molecular weight excluding hydrogens is 376 g/mol. The third-order valence-corrected chi connectivity index (χ3v) is 5.42. The number of hydrogen-bond acceptors (Lipinski definition) is 4. The second-order valence-corrected chi connectivity index (χ2v) is 7.61. The molecular formula is C21H14N2O2S2. The standard InChI is InChI=1S/C21H14N2O2S2/c24-19(16-7-2-1-3-8-16)22-23-20(25)18(27-21(23)26)13-14-10-11-15-6-4-5-9-17(15)12-14/h1-13H,(H,22,24)/b18-13+. The summed E-state index contributed by atoms with van der Waals surface area (Å²) in [6.07, 6.45) is 1.79. The van der Waals surface area contributed by atoms with Crippen LogP contribution in [-0.4, -0.2) is 21.1 Å². The van der Waals surface area contributed by atoms with Crippen LogP contribution in [-0.2, 0) is 4.79 Å². The average Bonchev–Trinajstić information content (AvgIpc) is 2.96. The maximum Gasteiger partial charge on any atom is 0.285 e. The topological polar surface area (TPSA) is 49.4 Å². The smallest absolute Gasteiger partial charge is 0.267 e. The molecule has 6 heteroatoms. The van der Waals surface area contributed by atoms with Crippen LogP contribution in [0.3, 0.4) is 0 Å². The van der Waals surface area contributed by atoms with Gasteiger partial charge in [-0.25, -0.2) is 0 Å². The molecule has 4 rings (SSSR count). The van der Waals surface area contributed by atoms with Crippen molar-refractivity contribution in [2.45, 2.75) is 0 Å². The number of nitrogens with zero attached hydrogens (tertiary/aromatic N) is 1. The molecule has 0 aromatic heterocycles. The van der Waals surface area contributed by atoms with Gasteiger partial charge in [0, 0.05) is 5.56 Å². The summed E-state index contributed by atoms with van der Waals surface area (Å²) >= 11 is 6.44. The van der Waals surface area contributed by atoms with Crippen molar-refractivity contribution in [2.75, 3.05) is 0 Å². The molecule has 27 heavy (non-hydrogen) atoms. The Morgan fingerprint density at radius 1 is 0.963 bits per heavy atom. The molecule has 4 nitrogen and oxygen atoms in total. The van der Waals surface area contributed by atoms with Gasteiger partial charge < -0.3 is 0 Å². The normalized spacial score (nSPS) is 15.6. The van der Waals surface area contributed by atoms with Crippen LogP contribution in [0.4, 0.5) is 0 Å². The summed E-state index contributed by atoms with van der Waals surface area (Å²) < 4.78 is 0.302. The number of thiocarbonyl (C=S) groups is 1. The van der Waals surface area contributed by atoms with E-state index < -0.39 is 0 Å². The molecule has 0 atom stereocenters. The third kappa shape index (κ3) is 3.63. The van der Waals surface area contributed by atoms with Crippen LogP contribution in [0.15, 0.2) is 77.7 Å². The van der Waals surface area contributed by atoms with Gasteiger partial charge in [0.25, 0.3) is 11.8 Å². The van der Waals surface area contributed by atoms with Crippen LogP contribution in [0, 0.1) is 0 Å². The fourth-order valence-corrected chi connectivity index (χ4v) is 3.95. The third-order valence-electron chi connectivity index (χ3n) is 4.11. The van der Waals surface area contributed by atoms with E-state index in [9.17, 15) is 9.59 Å². The van der Waals surface area contributed by atoms with Crippen LogP contribution in [0.2, 0.25) is 0 Å². The SMILES string of the molecule is O=C(NN1C(=O)/C(=C\c2ccc3ccccc3c2)SC1=S)c1ccccc1. The quantitative estimate of drug-likeness (QED) is 0.532. The molecule has 0 bridgehead atoms. The molecule has 0 unspecified atom stereocenters. The van der Waals surface area contributed by atoms with E-state index in [1.54, 1.807) is 30.3 Å². The molecule has 0 radical (unpaired) electrons. The number of carbonyl (C=O) groups is 2. The van der Waals surface area contributed by atoms with E-state index in [-0.39, 0.29) is 11.8 Å². The summed E-state index contributed by atoms with van der Waals surface area (Å²) in [5, 5.41) is 3.36. The summed E-state index contributed by atoms with van der Waals surface area (Å²) in [7, 11) is 0. The summed E-state index contributed by atoms with van der Waals surface area (Å²) in [5.41, 5.74) is 3.95. The van der Waals surface area contributed by atoms with Gasteiger partial charge in [-0.15, -0.1) is 0 Å². The van der Waals surface area contributed by atoms with E-state index in [4.69, 9.17) is 12.2 Å². The average molecular weight is 390 g/mol. The van der Waals surface area contributed by atoms with Gasteiger partial charge in [-0.3, -0.25) is 15.0 Å². The van der Waals surface area contributed by atoms with Crippen molar-refractivity contribution in [1.29, 1.82) is 0 Å². The Morgan fingerprint density at radius 2 is 1.67 bits per heavy atom. The van der Waals surface area contributed by atoms with Crippen molar-refractivity contribution < 1.29 is 9.59 Å². The molecule has 1 fully saturated rings. The van der Waals surface area contributed by atoms with Gasteiger partial charge in [0.15, 0.2) is 4.32 Å². The lowest BCUT2D eigenvalue weighted by Crippen LogP contribution is -2.44. The lowest BCUT2D eigenvalue weighted by atomic mass is 10.1. The van der Waals surface area contributed by atoms with Crippen LogP contribution in [0.5, 0.6) is 0 Å². The van der Waals surface area contributed by atoms with Crippen LogP contribution in [0.25, 0.3) is 16.8 Å². The van der Waals surface area contributed by atoms with E-state index in [0.717, 1.165) is 21.3 Å². The van der Waals surface area contributed by atoms with E-state index in [1.165, 1.54) is 11.8 Å². The number of benzene rings is 3. The van der Waals surface area contributed by atoms with E-state index >= 15 is 0 Å². The Bertz CT molecular complexity index is 1090. The minimum absolute atomic E-state index is 0.302. The first-order valence-electron chi connectivity index (χ1n) is 8.24. The Kier molecular flexibility index (Phi) is 4.75. The Labute approximate surface area is 165 Å². The zero-order valence-electron chi connectivity index (χ0n) is 14.1. The monoisotopic (exact) mass is 390 g/mol. The minimum atomic E-state index is -0.376. The second kappa shape index (κ2) is 7.34. The van der Waals surface area contributed by atoms with Crippen LogP contribution < -0.4 is 5.43 Å². The maximum absolute atomic E-state index is 12.7. The summed E-state index contributed by atoms with van der Waals surface area (Å²) in [6.45, 7) is 0. The summed E-state index contributed by atoms with van der Waals surface area (Å²) in [4.78, 5) is 25.5. The molecule has 1 heterocycles. The number of fused-ring (bicyclic) bond motifs is 1. The van der Waals surface area contributed by atoms with Gasteiger partial charge >= 0.3 is 0 Å². The second-order valence-electron chi connectivity index (χ2n) is 5.93. The number of hydrogen-bond donors (Lipinski definition) is 1. The highest BCUT2D eigenvalue weighted by atomic mass is 32.2. The van der Waals surface area contributed by atoms with Gasteiger partial charge in [0.05, 0.1) is 4.91 Å². The summed E-state index contributed by atoms with van der Waals surface area (Å²) in [5.74, 6) is -0.707. The molecule has 0 saturated carbocycles. The Hall–Kier alpha value is -2.96. The molecule has 1 aliphatic rings. The molecule has 3 aromatic rings. The first kappa shape index (κ1) is 17.5. The summed E-state index contributed by atoms with van der Waals surface area (Å²) in [6, 6.07) is 22.7. The predicted molar refractivity (Wildman–Crippen MR) is 113 cm³/mol. The minimum Gasteiger partial charge on any atom is -0.267 e. The van der Waals surface area contributed by atoms with E-state index in [1.807, 2.05) is 48.5 Å². The van der Waals surface area contributed by atoms with E-state index in [2.05, 4.69) is 5.43 Å². The van der Waals surface area contributed by atoms with Crippen molar-refractivity contribution >= 4 is 57.0 Å². The molecule has 0 spiro atoms. The van der Waals surface area contributed by atoms with Crippen molar-refractivity contribution in [3.63, 3.8) is 0 Å². The van der Waals surface area contributed by atoms with Crippen LogP contribution in [0.1, 0.15) is 15.9 Å². The first-order valence-corrected chi connectivity index (χ1v) is 9.47. The Balaban J connectivity index is 1.56. The maximum atomic E-state index is 12.7. The molecule has 0 aliphatic carbocycles. The van der Waals surface area contributed by atoms with Crippen molar-refractivity contribution in [3.05, 3.63) is 88.8 Å². The highest BCUT2D eigenvalue weighted by Crippen LogP contribution is 2.32. The number of rotatable bonds is 3. The Morgan fingerprint density at radius 3 is 2.44 bits per heavy atom.